The molecule has 7 nitrogen and oxygen atoms in total. The summed E-state index contributed by atoms with van der Waals surface area (Å²) in [7, 11) is 0. The van der Waals surface area contributed by atoms with Crippen molar-refractivity contribution in [2.24, 2.45) is 0 Å². The second kappa shape index (κ2) is 5.17. The molecule has 1 saturated heterocycles. The lowest BCUT2D eigenvalue weighted by Gasteiger charge is -2.24. The predicted octanol–water partition coefficient (Wildman–Crippen LogP) is 1.35. The molecule has 1 fully saturated rings. The first kappa shape index (κ1) is 13.8. The Morgan fingerprint density at radius 2 is 2.26 bits per heavy atom. The first-order valence-corrected chi connectivity index (χ1v) is 7.35. The lowest BCUT2D eigenvalue weighted by atomic mass is 9.99. The second-order valence-corrected chi connectivity index (χ2v) is 6.07. The molecule has 1 amide bonds. The number of nitrogens with zero attached hydrogens (tertiary/aromatic N) is 1. The van der Waals surface area contributed by atoms with Crippen LogP contribution in [0.2, 0.25) is 0 Å². The maximum atomic E-state index is 11.9. The molecule has 0 spiro atoms. The first-order valence-electron chi connectivity index (χ1n) is 5.31. The lowest BCUT2D eigenvalue weighted by Crippen LogP contribution is -2.54. The predicted molar refractivity (Wildman–Crippen MR) is 70.7 cm³/mol. The number of aliphatic carboxylic acids is 1. The van der Waals surface area contributed by atoms with Gasteiger partial charge in [0.25, 0.3) is 5.91 Å². The molecule has 1 aromatic rings. The van der Waals surface area contributed by atoms with E-state index in [4.69, 9.17) is 0 Å². The van der Waals surface area contributed by atoms with Crippen LogP contribution in [0.15, 0.2) is 11.4 Å². The molecule has 102 valence electrons. The molecule has 1 aliphatic heterocycles. The molecule has 2 N–H and O–H groups in total. The van der Waals surface area contributed by atoms with Crippen LogP contribution in [-0.2, 0) is 4.79 Å². The highest BCUT2D eigenvalue weighted by Crippen LogP contribution is 2.29. The number of carbonyl (C=O) groups excluding carboxylic acids is 1. The molecule has 1 aliphatic rings. The Balaban J connectivity index is 2.15. The molecule has 0 radical (unpaired) electrons. The van der Waals surface area contributed by atoms with Crippen molar-refractivity contribution in [3.63, 3.8) is 0 Å². The second-order valence-electron chi connectivity index (χ2n) is 4.07. The number of carboxylic acid groups (broad SMARTS) is 1. The van der Waals surface area contributed by atoms with Crippen LogP contribution in [0.25, 0.3) is 0 Å². The monoisotopic (exact) mass is 302 g/mol. The summed E-state index contributed by atoms with van der Waals surface area (Å²) >= 11 is 2.29. The van der Waals surface area contributed by atoms with Crippen molar-refractivity contribution < 1.29 is 19.6 Å². The fourth-order valence-electron chi connectivity index (χ4n) is 1.71. The van der Waals surface area contributed by atoms with Gasteiger partial charge in [-0.2, -0.15) is 11.8 Å². The van der Waals surface area contributed by atoms with Gasteiger partial charge in [0.05, 0.1) is 10.5 Å². The van der Waals surface area contributed by atoms with E-state index in [1.807, 2.05) is 0 Å². The number of hydrogen-bond donors (Lipinski definition) is 2. The molecule has 0 aliphatic carbocycles. The van der Waals surface area contributed by atoms with Crippen LogP contribution in [0.1, 0.15) is 16.8 Å². The number of nitro groups is 1. The molecule has 1 atom stereocenters. The van der Waals surface area contributed by atoms with Gasteiger partial charge in [-0.25, -0.2) is 4.79 Å². The highest BCUT2D eigenvalue weighted by Gasteiger charge is 2.43. The molecule has 2 heterocycles. The number of thiophene rings is 1. The molecular weight excluding hydrogens is 292 g/mol. The van der Waals surface area contributed by atoms with Crippen molar-refractivity contribution in [3.8, 4) is 0 Å². The van der Waals surface area contributed by atoms with Crippen LogP contribution < -0.4 is 5.32 Å². The zero-order valence-electron chi connectivity index (χ0n) is 9.62. The highest BCUT2D eigenvalue weighted by atomic mass is 32.2. The normalized spacial score (nSPS) is 22.1. The fraction of sp³-hybridized carbons (Fsp3) is 0.400. The van der Waals surface area contributed by atoms with E-state index in [2.05, 4.69) is 5.32 Å². The van der Waals surface area contributed by atoms with Gasteiger partial charge in [-0.3, -0.25) is 14.9 Å². The number of hydrogen-bond acceptors (Lipinski definition) is 6. The minimum absolute atomic E-state index is 0.120. The van der Waals surface area contributed by atoms with E-state index in [0.29, 0.717) is 17.9 Å². The van der Waals surface area contributed by atoms with Crippen LogP contribution in [0.3, 0.4) is 0 Å². The maximum absolute atomic E-state index is 11.9. The molecule has 0 bridgehead atoms. The molecule has 0 saturated carbocycles. The number of carboxylic acids is 1. The minimum Gasteiger partial charge on any atom is -0.479 e. The van der Waals surface area contributed by atoms with Gasteiger partial charge in [0.15, 0.2) is 0 Å². The number of carbonyl (C=O) groups is 2. The molecule has 0 aromatic carbocycles. The van der Waals surface area contributed by atoms with Crippen LogP contribution in [0, 0.1) is 10.1 Å². The third kappa shape index (κ3) is 2.71. The Labute approximate surface area is 116 Å². The van der Waals surface area contributed by atoms with Crippen molar-refractivity contribution >= 4 is 40.0 Å². The van der Waals surface area contributed by atoms with E-state index in [1.54, 1.807) is 0 Å². The van der Waals surface area contributed by atoms with Gasteiger partial charge >= 0.3 is 11.0 Å². The Hall–Kier alpha value is -1.61. The number of rotatable bonds is 4. The SMILES string of the molecule is O=C(NC1(C(=O)O)CCSC1)c1csc([N+](=O)[O-])c1. The molecule has 1 aromatic heterocycles. The zero-order chi connectivity index (χ0) is 14.0. The summed E-state index contributed by atoms with van der Waals surface area (Å²) in [5, 5.41) is 23.5. The standard InChI is InChI=1S/C10H10N2O5S2/c13-8(6-3-7(12(16)17)19-4-6)11-10(9(14)15)1-2-18-5-10/h3-4H,1-2,5H2,(H,11,13)(H,14,15). The van der Waals surface area contributed by atoms with Gasteiger partial charge in [0.1, 0.15) is 5.54 Å². The van der Waals surface area contributed by atoms with Gasteiger partial charge in [-0.1, -0.05) is 11.3 Å². The van der Waals surface area contributed by atoms with E-state index in [9.17, 15) is 24.8 Å². The molecule has 2 rings (SSSR count). The molecule has 1 unspecified atom stereocenters. The van der Waals surface area contributed by atoms with E-state index in [1.165, 1.54) is 17.1 Å². The van der Waals surface area contributed by atoms with Gasteiger partial charge in [0.2, 0.25) is 0 Å². The minimum atomic E-state index is -1.27. The average molecular weight is 302 g/mol. The summed E-state index contributed by atoms with van der Waals surface area (Å²) in [5.41, 5.74) is -1.15. The average Bonchev–Trinajstić information content (AvgIpc) is 2.97. The summed E-state index contributed by atoms with van der Waals surface area (Å²) in [4.78, 5) is 33.2. The topological polar surface area (TPSA) is 110 Å². The fourth-order valence-corrected chi connectivity index (χ4v) is 3.74. The third-order valence-corrected chi connectivity index (χ3v) is 4.88. The third-order valence-electron chi connectivity index (χ3n) is 2.81. The number of amides is 1. The van der Waals surface area contributed by atoms with E-state index in [-0.39, 0.29) is 10.6 Å². The van der Waals surface area contributed by atoms with Gasteiger partial charge in [0, 0.05) is 17.2 Å². The number of nitrogens with one attached hydrogen (secondary N) is 1. The molecule has 9 heteroatoms. The van der Waals surface area contributed by atoms with Crippen molar-refractivity contribution in [1.82, 2.24) is 5.32 Å². The molecular formula is C10H10N2O5S2. The van der Waals surface area contributed by atoms with Gasteiger partial charge < -0.3 is 10.4 Å². The molecule has 19 heavy (non-hydrogen) atoms. The van der Waals surface area contributed by atoms with Crippen LogP contribution >= 0.6 is 23.1 Å². The van der Waals surface area contributed by atoms with E-state index >= 15 is 0 Å². The summed E-state index contributed by atoms with van der Waals surface area (Å²) in [6, 6.07) is 1.15. The van der Waals surface area contributed by atoms with Crippen LogP contribution in [-0.4, -0.2) is 39.0 Å². The quantitative estimate of drug-likeness (QED) is 0.641. The summed E-state index contributed by atoms with van der Waals surface area (Å²) in [5.74, 6) is -0.693. The maximum Gasteiger partial charge on any atom is 0.330 e. The first-order chi connectivity index (χ1) is 8.94. The Morgan fingerprint density at radius 3 is 2.74 bits per heavy atom. The van der Waals surface area contributed by atoms with Gasteiger partial charge in [-0.15, -0.1) is 0 Å². The number of thioether (sulfide) groups is 1. The van der Waals surface area contributed by atoms with Crippen molar-refractivity contribution in [2.75, 3.05) is 11.5 Å². The largest absolute Gasteiger partial charge is 0.479 e. The Kier molecular flexibility index (Phi) is 3.76. The van der Waals surface area contributed by atoms with Crippen molar-refractivity contribution in [2.45, 2.75) is 12.0 Å². The zero-order valence-corrected chi connectivity index (χ0v) is 11.3. The Bertz CT molecular complexity index is 536. The van der Waals surface area contributed by atoms with Crippen molar-refractivity contribution in [3.05, 3.63) is 27.1 Å². The van der Waals surface area contributed by atoms with Crippen LogP contribution in [0.5, 0.6) is 0 Å². The lowest BCUT2D eigenvalue weighted by molar-refractivity contribution is -0.380. The van der Waals surface area contributed by atoms with Crippen molar-refractivity contribution in [1.29, 1.82) is 0 Å². The summed E-state index contributed by atoms with van der Waals surface area (Å²) in [6.45, 7) is 0. The summed E-state index contributed by atoms with van der Waals surface area (Å²) in [6.07, 6.45) is 0.352. The van der Waals surface area contributed by atoms with Crippen LogP contribution in [0.4, 0.5) is 5.00 Å². The Morgan fingerprint density at radius 1 is 1.53 bits per heavy atom. The van der Waals surface area contributed by atoms with E-state index < -0.39 is 22.3 Å². The highest BCUT2D eigenvalue weighted by molar-refractivity contribution is 7.99. The summed E-state index contributed by atoms with van der Waals surface area (Å²) < 4.78 is 0. The smallest absolute Gasteiger partial charge is 0.330 e. The van der Waals surface area contributed by atoms with Gasteiger partial charge in [-0.05, 0) is 12.2 Å². The van der Waals surface area contributed by atoms with E-state index in [0.717, 1.165) is 17.4 Å².